The molecule has 2 aromatic rings. The molecular formula is C22H27NO3. The number of methoxy groups -OCH3 is 1. The van der Waals surface area contributed by atoms with Crippen molar-refractivity contribution in [2.45, 2.75) is 45.3 Å². The Morgan fingerprint density at radius 3 is 2.31 bits per heavy atom. The van der Waals surface area contributed by atoms with Crippen LogP contribution in [0.15, 0.2) is 48.5 Å². The summed E-state index contributed by atoms with van der Waals surface area (Å²) in [6, 6.07) is 16.6. The fraction of sp³-hybridized carbons (Fsp3) is 0.409. The van der Waals surface area contributed by atoms with E-state index in [1.165, 1.54) is 11.1 Å². The number of benzene rings is 2. The molecule has 4 nitrogen and oxygen atoms in total. The molecule has 2 aromatic carbocycles. The Labute approximate surface area is 155 Å². The molecule has 1 amide bonds. The zero-order valence-electron chi connectivity index (χ0n) is 15.8. The Hall–Kier alpha value is -2.49. The summed E-state index contributed by atoms with van der Waals surface area (Å²) in [6.45, 7) is 4.87. The van der Waals surface area contributed by atoms with Crippen LogP contribution in [0.1, 0.15) is 43.1 Å². The number of hydrogen-bond acceptors (Lipinski definition) is 3. The Morgan fingerprint density at radius 2 is 1.73 bits per heavy atom. The summed E-state index contributed by atoms with van der Waals surface area (Å²) >= 11 is 0. The minimum atomic E-state index is -0.220. The predicted octanol–water partition coefficient (Wildman–Crippen LogP) is 4.77. The first-order valence-electron chi connectivity index (χ1n) is 9.33. The molecule has 4 heteroatoms. The molecule has 0 N–H and O–H groups in total. The van der Waals surface area contributed by atoms with Crippen molar-refractivity contribution in [1.29, 1.82) is 0 Å². The average molecular weight is 353 g/mol. The summed E-state index contributed by atoms with van der Waals surface area (Å²) in [6.07, 6.45) is 2.36. The van der Waals surface area contributed by atoms with Crippen LogP contribution in [0.5, 0.6) is 5.75 Å². The molecule has 3 rings (SSSR count). The number of carbonyl (C=O) groups excluding carboxylic acids is 1. The third-order valence-corrected chi connectivity index (χ3v) is 5.14. The van der Waals surface area contributed by atoms with Gasteiger partial charge in [0.1, 0.15) is 11.9 Å². The second kappa shape index (κ2) is 8.26. The summed E-state index contributed by atoms with van der Waals surface area (Å²) < 4.78 is 10.8. The van der Waals surface area contributed by atoms with E-state index < -0.39 is 0 Å². The quantitative estimate of drug-likeness (QED) is 0.719. The van der Waals surface area contributed by atoms with Crippen molar-refractivity contribution in [2.75, 3.05) is 13.7 Å². The topological polar surface area (TPSA) is 38.8 Å². The molecular weight excluding hydrogens is 326 g/mol. The largest absolute Gasteiger partial charge is 0.497 e. The highest BCUT2D eigenvalue weighted by Crippen LogP contribution is 2.30. The van der Waals surface area contributed by atoms with E-state index >= 15 is 0 Å². The molecule has 1 aliphatic heterocycles. The molecule has 0 unspecified atom stereocenters. The van der Waals surface area contributed by atoms with Gasteiger partial charge in [0.2, 0.25) is 0 Å². The van der Waals surface area contributed by atoms with E-state index in [9.17, 15) is 4.79 Å². The Bertz CT molecular complexity index is 724. The monoisotopic (exact) mass is 353 g/mol. The molecule has 138 valence electrons. The number of ether oxygens (including phenoxy) is 2. The lowest BCUT2D eigenvalue weighted by Crippen LogP contribution is -2.37. The normalized spacial score (nSPS) is 17.9. The SMILES string of the molecule is CCc1ccc(C[C@@H](CC)N2C[C@@H](c3ccc(OC)cc3)OC2=O)cc1. The second-order valence-corrected chi connectivity index (χ2v) is 6.73. The molecule has 26 heavy (non-hydrogen) atoms. The Balaban J connectivity index is 1.68. The fourth-order valence-corrected chi connectivity index (χ4v) is 3.43. The van der Waals surface area contributed by atoms with Crippen molar-refractivity contribution in [3.63, 3.8) is 0 Å². The van der Waals surface area contributed by atoms with Crippen LogP contribution in [0.2, 0.25) is 0 Å². The van der Waals surface area contributed by atoms with Crippen molar-refractivity contribution in [1.82, 2.24) is 4.90 Å². The first kappa shape index (κ1) is 18.3. The number of hydrogen-bond donors (Lipinski definition) is 0. The van der Waals surface area contributed by atoms with Gasteiger partial charge in [-0.2, -0.15) is 0 Å². The van der Waals surface area contributed by atoms with Crippen LogP contribution in [-0.2, 0) is 17.6 Å². The van der Waals surface area contributed by atoms with Crippen LogP contribution >= 0.6 is 0 Å². The lowest BCUT2D eigenvalue weighted by atomic mass is 10.0. The number of amides is 1. The molecule has 1 heterocycles. The van der Waals surface area contributed by atoms with E-state index in [2.05, 4.69) is 38.1 Å². The van der Waals surface area contributed by atoms with Gasteiger partial charge in [-0.05, 0) is 48.1 Å². The molecule has 0 aliphatic carbocycles. The zero-order chi connectivity index (χ0) is 18.5. The lowest BCUT2D eigenvalue weighted by Gasteiger charge is -2.24. The van der Waals surface area contributed by atoms with E-state index in [0.29, 0.717) is 6.54 Å². The minimum Gasteiger partial charge on any atom is -0.497 e. The molecule has 0 radical (unpaired) electrons. The van der Waals surface area contributed by atoms with Gasteiger partial charge in [-0.3, -0.25) is 0 Å². The van der Waals surface area contributed by atoms with Crippen LogP contribution in [-0.4, -0.2) is 30.7 Å². The van der Waals surface area contributed by atoms with Crippen molar-refractivity contribution < 1.29 is 14.3 Å². The van der Waals surface area contributed by atoms with E-state index in [-0.39, 0.29) is 18.2 Å². The zero-order valence-corrected chi connectivity index (χ0v) is 15.8. The third-order valence-electron chi connectivity index (χ3n) is 5.14. The second-order valence-electron chi connectivity index (χ2n) is 6.73. The summed E-state index contributed by atoms with van der Waals surface area (Å²) in [5, 5.41) is 0. The standard InChI is InChI=1S/C22H27NO3/c1-4-16-6-8-17(9-7-16)14-19(5-2)23-15-21(26-22(23)24)18-10-12-20(25-3)13-11-18/h6-13,19,21H,4-5,14-15H2,1-3H3/t19-,21+/m1/s1. The van der Waals surface area contributed by atoms with Crippen LogP contribution in [0.4, 0.5) is 4.79 Å². The maximum absolute atomic E-state index is 12.5. The minimum absolute atomic E-state index is 0.151. The maximum atomic E-state index is 12.5. The first-order valence-corrected chi connectivity index (χ1v) is 9.33. The molecule has 2 atom stereocenters. The van der Waals surface area contributed by atoms with Crippen LogP contribution < -0.4 is 4.74 Å². The van der Waals surface area contributed by atoms with Gasteiger partial charge in [0.15, 0.2) is 0 Å². The summed E-state index contributed by atoms with van der Waals surface area (Å²) in [7, 11) is 1.64. The van der Waals surface area contributed by atoms with Gasteiger partial charge >= 0.3 is 6.09 Å². The van der Waals surface area contributed by atoms with Crippen molar-refractivity contribution >= 4 is 6.09 Å². The van der Waals surface area contributed by atoms with E-state index in [0.717, 1.165) is 30.6 Å². The maximum Gasteiger partial charge on any atom is 0.410 e. The highest BCUT2D eigenvalue weighted by Gasteiger charge is 2.36. The fourth-order valence-electron chi connectivity index (χ4n) is 3.43. The molecule has 0 saturated carbocycles. The molecule has 0 aromatic heterocycles. The predicted molar refractivity (Wildman–Crippen MR) is 103 cm³/mol. The van der Waals surface area contributed by atoms with Gasteiger partial charge in [-0.15, -0.1) is 0 Å². The van der Waals surface area contributed by atoms with Gasteiger partial charge < -0.3 is 14.4 Å². The van der Waals surface area contributed by atoms with Crippen molar-refractivity contribution in [3.8, 4) is 5.75 Å². The first-order chi connectivity index (χ1) is 12.6. The van der Waals surface area contributed by atoms with Crippen LogP contribution in [0, 0.1) is 0 Å². The van der Waals surface area contributed by atoms with Crippen molar-refractivity contribution in [2.24, 2.45) is 0 Å². The number of cyclic esters (lactones) is 1. The van der Waals surface area contributed by atoms with Gasteiger partial charge in [0, 0.05) is 6.04 Å². The van der Waals surface area contributed by atoms with Crippen LogP contribution in [0.3, 0.4) is 0 Å². The summed E-state index contributed by atoms with van der Waals surface area (Å²) in [4.78, 5) is 14.3. The number of aryl methyl sites for hydroxylation is 1. The number of carbonyl (C=O) groups is 1. The van der Waals surface area contributed by atoms with Crippen LogP contribution in [0.25, 0.3) is 0 Å². The molecule has 0 spiro atoms. The molecule has 1 aliphatic rings. The summed E-state index contributed by atoms with van der Waals surface area (Å²) in [5.74, 6) is 0.803. The van der Waals surface area contributed by atoms with Gasteiger partial charge in [-0.25, -0.2) is 4.79 Å². The van der Waals surface area contributed by atoms with Gasteiger partial charge in [0.25, 0.3) is 0 Å². The van der Waals surface area contributed by atoms with E-state index in [1.807, 2.05) is 29.2 Å². The smallest absolute Gasteiger partial charge is 0.410 e. The molecule has 0 bridgehead atoms. The molecule has 1 fully saturated rings. The highest BCUT2D eigenvalue weighted by molar-refractivity contribution is 5.70. The Morgan fingerprint density at radius 1 is 1.08 bits per heavy atom. The highest BCUT2D eigenvalue weighted by atomic mass is 16.6. The van der Waals surface area contributed by atoms with Crippen molar-refractivity contribution in [3.05, 3.63) is 65.2 Å². The third kappa shape index (κ3) is 4.01. The number of rotatable bonds is 7. The molecule has 1 saturated heterocycles. The van der Waals surface area contributed by atoms with Gasteiger partial charge in [0.05, 0.1) is 13.7 Å². The van der Waals surface area contributed by atoms with E-state index in [4.69, 9.17) is 9.47 Å². The number of nitrogens with zero attached hydrogens (tertiary/aromatic N) is 1. The van der Waals surface area contributed by atoms with E-state index in [1.54, 1.807) is 7.11 Å². The summed E-state index contributed by atoms with van der Waals surface area (Å²) in [5.41, 5.74) is 3.60. The average Bonchev–Trinajstić information content (AvgIpc) is 3.08. The lowest BCUT2D eigenvalue weighted by molar-refractivity contribution is 0.127. The Kier molecular flexibility index (Phi) is 5.82. The van der Waals surface area contributed by atoms with Gasteiger partial charge in [-0.1, -0.05) is 50.2 Å².